The van der Waals surface area contributed by atoms with Gasteiger partial charge in [0.2, 0.25) is 5.91 Å². The minimum Gasteiger partial charge on any atom is -0.457 e. The third-order valence-electron chi connectivity index (χ3n) is 4.15. The Morgan fingerprint density at radius 1 is 1.00 bits per heavy atom. The molecular weight excluding hydrogens is 374 g/mol. The zero-order valence-corrected chi connectivity index (χ0v) is 15.7. The molecule has 3 aromatic carbocycles. The van der Waals surface area contributed by atoms with Crippen LogP contribution in [0.25, 0.3) is 0 Å². The van der Waals surface area contributed by atoms with Crippen LogP contribution in [-0.4, -0.2) is 17.6 Å². The molecule has 0 unspecified atom stereocenters. The van der Waals surface area contributed by atoms with Gasteiger partial charge in [-0.3, -0.25) is 4.79 Å². The highest BCUT2D eigenvalue weighted by molar-refractivity contribution is 8.00. The minimum absolute atomic E-state index is 0.0741. The van der Waals surface area contributed by atoms with Crippen LogP contribution < -0.4 is 10.1 Å². The largest absolute Gasteiger partial charge is 0.457 e. The topological polar surface area (TPSA) is 64.6 Å². The highest BCUT2D eigenvalue weighted by Gasteiger charge is 2.18. The number of hydrogen-bond donors (Lipinski definition) is 1. The van der Waals surface area contributed by atoms with Gasteiger partial charge in [0.1, 0.15) is 18.1 Å². The molecule has 0 aliphatic carbocycles. The van der Waals surface area contributed by atoms with E-state index in [-0.39, 0.29) is 12.5 Å². The van der Waals surface area contributed by atoms with Gasteiger partial charge in [0, 0.05) is 10.5 Å². The molecule has 6 heteroatoms. The van der Waals surface area contributed by atoms with Gasteiger partial charge in [-0.1, -0.05) is 36.4 Å². The molecule has 1 N–H and O–H groups in total. The quantitative estimate of drug-likeness (QED) is 0.628. The van der Waals surface area contributed by atoms with Crippen LogP contribution in [0.5, 0.6) is 11.5 Å². The molecule has 5 nitrogen and oxygen atoms in total. The van der Waals surface area contributed by atoms with Gasteiger partial charge in [0.15, 0.2) is 0 Å². The Kier molecular flexibility index (Phi) is 5.30. The number of thioether (sulfide) groups is 1. The number of esters is 1. The van der Waals surface area contributed by atoms with E-state index in [9.17, 15) is 9.59 Å². The van der Waals surface area contributed by atoms with Crippen LogP contribution in [0.15, 0.2) is 77.7 Å². The summed E-state index contributed by atoms with van der Waals surface area (Å²) >= 11 is 1.45. The van der Waals surface area contributed by atoms with E-state index < -0.39 is 5.97 Å². The number of para-hydroxylation sites is 2. The number of ether oxygens (including phenoxy) is 2. The summed E-state index contributed by atoms with van der Waals surface area (Å²) in [7, 11) is 0. The Morgan fingerprint density at radius 2 is 1.79 bits per heavy atom. The first-order chi connectivity index (χ1) is 13.7. The van der Waals surface area contributed by atoms with Crippen molar-refractivity contribution < 1.29 is 19.1 Å². The molecular formula is C22H17NO4S. The first-order valence-electron chi connectivity index (χ1n) is 8.74. The van der Waals surface area contributed by atoms with E-state index in [2.05, 4.69) is 5.32 Å². The Hall–Kier alpha value is -3.25. The van der Waals surface area contributed by atoms with Crippen molar-refractivity contribution >= 4 is 29.3 Å². The third-order valence-corrected chi connectivity index (χ3v) is 5.22. The average Bonchev–Trinajstić information content (AvgIpc) is 2.73. The fraction of sp³-hybridized carbons (Fsp3) is 0.0909. The molecule has 0 atom stereocenters. The molecule has 0 fully saturated rings. The van der Waals surface area contributed by atoms with Crippen LogP contribution in [0, 0.1) is 0 Å². The first kappa shape index (κ1) is 18.1. The van der Waals surface area contributed by atoms with Crippen LogP contribution >= 0.6 is 11.8 Å². The molecule has 0 aromatic heterocycles. The van der Waals surface area contributed by atoms with Crippen molar-refractivity contribution in [3.8, 4) is 11.5 Å². The SMILES string of the molecule is O=C1CSc2ccc(C(=O)OCc3ccccc3Oc3ccccc3)cc2N1. The fourth-order valence-electron chi connectivity index (χ4n) is 2.77. The van der Waals surface area contributed by atoms with E-state index in [4.69, 9.17) is 9.47 Å². The minimum atomic E-state index is -0.456. The summed E-state index contributed by atoms with van der Waals surface area (Å²) in [6, 6.07) is 22.0. The molecule has 0 saturated carbocycles. The van der Waals surface area contributed by atoms with E-state index >= 15 is 0 Å². The molecule has 0 bridgehead atoms. The number of fused-ring (bicyclic) bond motifs is 1. The predicted molar refractivity (Wildman–Crippen MR) is 108 cm³/mol. The number of carbonyl (C=O) groups is 2. The van der Waals surface area contributed by atoms with E-state index in [0.29, 0.717) is 28.5 Å². The van der Waals surface area contributed by atoms with Gasteiger partial charge in [0.25, 0.3) is 0 Å². The van der Waals surface area contributed by atoms with E-state index in [1.54, 1.807) is 12.1 Å². The van der Waals surface area contributed by atoms with Gasteiger partial charge in [-0.05, 0) is 36.4 Å². The van der Waals surface area contributed by atoms with Crippen molar-refractivity contribution in [3.05, 3.63) is 83.9 Å². The number of amides is 1. The van der Waals surface area contributed by atoms with Crippen molar-refractivity contribution in [3.63, 3.8) is 0 Å². The molecule has 0 spiro atoms. The van der Waals surface area contributed by atoms with Gasteiger partial charge in [-0.2, -0.15) is 0 Å². The summed E-state index contributed by atoms with van der Waals surface area (Å²) in [5.74, 6) is 1.20. The zero-order chi connectivity index (χ0) is 19.3. The Morgan fingerprint density at radius 3 is 2.64 bits per heavy atom. The van der Waals surface area contributed by atoms with Crippen LogP contribution in [0.1, 0.15) is 15.9 Å². The van der Waals surface area contributed by atoms with Crippen LogP contribution in [0.2, 0.25) is 0 Å². The maximum absolute atomic E-state index is 12.5. The summed E-state index contributed by atoms with van der Waals surface area (Å²) in [5.41, 5.74) is 1.80. The lowest BCUT2D eigenvalue weighted by atomic mass is 10.2. The standard InChI is InChI=1S/C22H17NO4S/c24-21-14-28-20-11-10-15(12-18(20)23-21)22(25)26-13-16-6-4-5-9-19(16)27-17-7-2-1-3-8-17/h1-12H,13-14H2,(H,23,24). The fourth-order valence-corrected chi connectivity index (χ4v) is 3.56. The van der Waals surface area contributed by atoms with Gasteiger partial charge in [-0.25, -0.2) is 4.79 Å². The second-order valence-corrected chi connectivity index (χ2v) is 7.16. The summed E-state index contributed by atoms with van der Waals surface area (Å²) in [6.45, 7) is 0.0834. The lowest BCUT2D eigenvalue weighted by molar-refractivity contribution is -0.113. The maximum Gasteiger partial charge on any atom is 0.338 e. The zero-order valence-electron chi connectivity index (χ0n) is 14.9. The lowest BCUT2D eigenvalue weighted by Crippen LogP contribution is -2.19. The maximum atomic E-state index is 12.5. The molecule has 1 aliphatic heterocycles. The second kappa shape index (κ2) is 8.19. The first-order valence-corrected chi connectivity index (χ1v) is 9.72. The van der Waals surface area contributed by atoms with E-state index in [1.165, 1.54) is 11.8 Å². The number of nitrogens with one attached hydrogen (secondary N) is 1. The van der Waals surface area contributed by atoms with Crippen molar-refractivity contribution in [2.45, 2.75) is 11.5 Å². The molecule has 140 valence electrons. The summed E-state index contributed by atoms with van der Waals surface area (Å²) in [5, 5.41) is 2.78. The molecule has 1 amide bonds. The van der Waals surface area contributed by atoms with Crippen molar-refractivity contribution in [2.24, 2.45) is 0 Å². The number of benzene rings is 3. The van der Waals surface area contributed by atoms with Crippen molar-refractivity contribution in [1.29, 1.82) is 0 Å². The van der Waals surface area contributed by atoms with Crippen LogP contribution in [0.4, 0.5) is 5.69 Å². The lowest BCUT2D eigenvalue weighted by Gasteiger charge is -2.17. The normalized spacial score (nSPS) is 12.6. The Bertz CT molecular complexity index is 1020. The highest BCUT2D eigenvalue weighted by atomic mass is 32.2. The third kappa shape index (κ3) is 4.18. The van der Waals surface area contributed by atoms with E-state index in [1.807, 2.05) is 60.7 Å². The van der Waals surface area contributed by atoms with Gasteiger partial charge < -0.3 is 14.8 Å². The molecule has 1 aliphatic rings. The number of carbonyl (C=O) groups excluding carboxylic acids is 2. The Balaban J connectivity index is 1.46. The number of hydrogen-bond acceptors (Lipinski definition) is 5. The number of anilines is 1. The Labute approximate surface area is 166 Å². The van der Waals surface area contributed by atoms with Crippen molar-refractivity contribution in [1.82, 2.24) is 0 Å². The highest BCUT2D eigenvalue weighted by Crippen LogP contribution is 2.32. The van der Waals surface area contributed by atoms with E-state index in [0.717, 1.165) is 10.5 Å². The molecule has 1 heterocycles. The molecule has 0 radical (unpaired) electrons. The van der Waals surface area contributed by atoms with Gasteiger partial charge >= 0.3 is 5.97 Å². The summed E-state index contributed by atoms with van der Waals surface area (Å²) in [6.07, 6.45) is 0. The second-order valence-electron chi connectivity index (χ2n) is 6.15. The summed E-state index contributed by atoms with van der Waals surface area (Å²) in [4.78, 5) is 25.0. The van der Waals surface area contributed by atoms with Crippen LogP contribution in [-0.2, 0) is 16.1 Å². The van der Waals surface area contributed by atoms with Crippen LogP contribution in [0.3, 0.4) is 0 Å². The predicted octanol–water partition coefficient (Wildman–Crippen LogP) is 4.88. The van der Waals surface area contributed by atoms with Gasteiger partial charge in [-0.15, -0.1) is 11.8 Å². The monoisotopic (exact) mass is 391 g/mol. The van der Waals surface area contributed by atoms with Crippen molar-refractivity contribution in [2.75, 3.05) is 11.1 Å². The molecule has 3 aromatic rings. The average molecular weight is 391 g/mol. The molecule has 28 heavy (non-hydrogen) atoms. The smallest absolute Gasteiger partial charge is 0.338 e. The van der Waals surface area contributed by atoms with Gasteiger partial charge in [0.05, 0.1) is 17.0 Å². The molecule has 0 saturated heterocycles. The molecule has 4 rings (SSSR count). The summed E-state index contributed by atoms with van der Waals surface area (Å²) < 4.78 is 11.4. The number of rotatable bonds is 5.